The molecular formula is C17H21O2P. The average Bonchev–Trinajstić information content (AvgIpc) is 2.48. The highest BCUT2D eigenvalue weighted by atomic mass is 31.1. The lowest BCUT2D eigenvalue weighted by Crippen LogP contribution is -2.20. The van der Waals surface area contributed by atoms with Gasteiger partial charge in [0.1, 0.15) is 11.5 Å². The number of para-hydroxylation sites is 2. The fourth-order valence-electron chi connectivity index (χ4n) is 2.34. The summed E-state index contributed by atoms with van der Waals surface area (Å²) >= 11 is 0. The molecule has 106 valence electrons. The summed E-state index contributed by atoms with van der Waals surface area (Å²) < 4.78 is 11.1. The quantitative estimate of drug-likeness (QED) is 0.783. The molecule has 0 radical (unpaired) electrons. The Morgan fingerprint density at radius 2 is 1.15 bits per heavy atom. The lowest BCUT2D eigenvalue weighted by Gasteiger charge is -2.25. The first-order valence-electron chi connectivity index (χ1n) is 6.74. The first-order valence-corrected chi connectivity index (χ1v) is 8.15. The smallest absolute Gasteiger partial charge is 0.126 e. The second-order valence-electron chi connectivity index (χ2n) is 4.81. The summed E-state index contributed by atoms with van der Waals surface area (Å²) in [4.78, 5) is 0. The second-order valence-corrected chi connectivity index (χ2v) is 7.54. The maximum absolute atomic E-state index is 5.55. The fourth-order valence-corrected chi connectivity index (χ4v) is 5.02. The Morgan fingerprint density at radius 3 is 1.50 bits per heavy atom. The molecule has 20 heavy (non-hydrogen) atoms. The van der Waals surface area contributed by atoms with Gasteiger partial charge in [0.15, 0.2) is 0 Å². The Hall–Kier alpha value is -1.53. The van der Waals surface area contributed by atoms with Crippen molar-refractivity contribution in [3.05, 3.63) is 48.5 Å². The normalized spacial score (nSPS) is 10.9. The summed E-state index contributed by atoms with van der Waals surface area (Å²) in [5.41, 5.74) is 0.512. The van der Waals surface area contributed by atoms with Crippen LogP contribution in [0.25, 0.3) is 0 Å². The van der Waals surface area contributed by atoms with Crippen LogP contribution in [0.2, 0.25) is 0 Å². The zero-order valence-corrected chi connectivity index (χ0v) is 13.4. The molecule has 0 bridgehead atoms. The monoisotopic (exact) mass is 288 g/mol. The molecule has 0 saturated carbocycles. The molecule has 0 aliphatic carbocycles. The molecule has 0 heterocycles. The summed E-state index contributed by atoms with van der Waals surface area (Å²) in [6.07, 6.45) is 0. The highest BCUT2D eigenvalue weighted by molar-refractivity contribution is 7.74. The molecule has 0 atom stereocenters. The van der Waals surface area contributed by atoms with Crippen LogP contribution in [0.5, 0.6) is 11.5 Å². The van der Waals surface area contributed by atoms with Crippen LogP contribution in [-0.4, -0.2) is 19.9 Å². The van der Waals surface area contributed by atoms with Gasteiger partial charge in [0.2, 0.25) is 0 Å². The van der Waals surface area contributed by atoms with Gasteiger partial charge in [0.25, 0.3) is 0 Å². The van der Waals surface area contributed by atoms with Crippen LogP contribution in [-0.2, 0) is 0 Å². The Kier molecular flexibility index (Phi) is 5.03. The van der Waals surface area contributed by atoms with E-state index in [9.17, 15) is 0 Å². The lowest BCUT2D eigenvalue weighted by molar-refractivity contribution is 0.417. The minimum Gasteiger partial charge on any atom is -0.496 e. The van der Waals surface area contributed by atoms with E-state index in [-0.39, 0.29) is 0 Å². The van der Waals surface area contributed by atoms with Crippen LogP contribution in [0.1, 0.15) is 13.8 Å². The average molecular weight is 288 g/mol. The zero-order valence-electron chi connectivity index (χ0n) is 12.5. The zero-order chi connectivity index (χ0) is 14.5. The van der Waals surface area contributed by atoms with E-state index in [2.05, 4.69) is 38.1 Å². The Morgan fingerprint density at radius 1 is 0.750 bits per heavy atom. The first kappa shape index (κ1) is 14.9. The molecule has 2 aromatic rings. The Labute approximate surface area is 122 Å². The van der Waals surface area contributed by atoms with Gasteiger partial charge in [-0.2, -0.15) is 0 Å². The highest BCUT2D eigenvalue weighted by Gasteiger charge is 2.23. The van der Waals surface area contributed by atoms with Crippen molar-refractivity contribution in [2.75, 3.05) is 14.2 Å². The van der Waals surface area contributed by atoms with E-state index in [4.69, 9.17) is 9.47 Å². The molecule has 0 unspecified atom stereocenters. The van der Waals surface area contributed by atoms with Gasteiger partial charge >= 0.3 is 0 Å². The number of hydrogen-bond donors (Lipinski definition) is 0. The minimum absolute atomic E-state index is 0.512. The van der Waals surface area contributed by atoms with Crippen LogP contribution in [0.3, 0.4) is 0 Å². The first-order chi connectivity index (χ1) is 9.69. The number of benzene rings is 2. The van der Waals surface area contributed by atoms with Gasteiger partial charge in [0, 0.05) is 10.6 Å². The molecule has 0 amide bonds. The van der Waals surface area contributed by atoms with Gasteiger partial charge < -0.3 is 9.47 Å². The van der Waals surface area contributed by atoms with Crippen molar-refractivity contribution in [3.8, 4) is 11.5 Å². The molecular weight excluding hydrogens is 267 g/mol. The van der Waals surface area contributed by atoms with Crippen LogP contribution in [0, 0.1) is 0 Å². The van der Waals surface area contributed by atoms with Gasteiger partial charge in [0.05, 0.1) is 14.2 Å². The number of methoxy groups -OCH3 is 2. The van der Waals surface area contributed by atoms with Crippen molar-refractivity contribution >= 4 is 18.5 Å². The molecule has 0 aliphatic heterocycles. The van der Waals surface area contributed by atoms with E-state index < -0.39 is 7.92 Å². The van der Waals surface area contributed by atoms with E-state index in [0.717, 1.165) is 11.5 Å². The van der Waals surface area contributed by atoms with Crippen molar-refractivity contribution < 1.29 is 9.47 Å². The maximum atomic E-state index is 5.55. The number of hydrogen-bond acceptors (Lipinski definition) is 2. The number of ether oxygens (including phenoxy) is 2. The Balaban J connectivity index is 2.57. The van der Waals surface area contributed by atoms with E-state index in [1.165, 1.54) is 10.6 Å². The standard InChI is InChI=1S/C17H21O2P/c1-13(2)20(16-11-7-5-9-14(16)18-3)17-12-8-6-10-15(17)19-4/h5-13H,1-4H3. The molecule has 0 fully saturated rings. The third-order valence-corrected chi connectivity index (χ3v) is 6.02. The molecule has 2 rings (SSSR count). The molecule has 0 spiro atoms. The molecule has 0 N–H and O–H groups in total. The lowest BCUT2D eigenvalue weighted by atomic mass is 10.3. The maximum Gasteiger partial charge on any atom is 0.126 e. The summed E-state index contributed by atoms with van der Waals surface area (Å²) in [5, 5.41) is 2.54. The van der Waals surface area contributed by atoms with Gasteiger partial charge in [-0.05, 0) is 25.7 Å². The molecule has 2 aromatic carbocycles. The molecule has 0 aromatic heterocycles. The summed E-state index contributed by atoms with van der Waals surface area (Å²) in [6.45, 7) is 4.51. The van der Waals surface area contributed by atoms with Gasteiger partial charge in [-0.3, -0.25) is 0 Å². The molecule has 0 saturated heterocycles. The second kappa shape index (κ2) is 6.76. The van der Waals surface area contributed by atoms with Gasteiger partial charge in [-0.25, -0.2) is 0 Å². The van der Waals surface area contributed by atoms with Gasteiger partial charge in [-0.15, -0.1) is 0 Å². The van der Waals surface area contributed by atoms with E-state index in [0.29, 0.717) is 5.66 Å². The van der Waals surface area contributed by atoms with Crippen molar-refractivity contribution in [3.63, 3.8) is 0 Å². The summed E-state index contributed by atoms with van der Waals surface area (Å²) in [7, 11) is 2.95. The fraction of sp³-hybridized carbons (Fsp3) is 0.294. The van der Waals surface area contributed by atoms with E-state index in [1.54, 1.807) is 14.2 Å². The van der Waals surface area contributed by atoms with E-state index in [1.807, 2.05) is 24.3 Å². The topological polar surface area (TPSA) is 18.5 Å². The predicted molar refractivity (Wildman–Crippen MR) is 87.3 cm³/mol. The number of rotatable bonds is 5. The van der Waals surface area contributed by atoms with Crippen molar-refractivity contribution in [1.82, 2.24) is 0 Å². The summed E-state index contributed by atoms with van der Waals surface area (Å²) in [5.74, 6) is 1.91. The van der Waals surface area contributed by atoms with Crippen LogP contribution in [0.15, 0.2) is 48.5 Å². The largest absolute Gasteiger partial charge is 0.496 e. The highest BCUT2D eigenvalue weighted by Crippen LogP contribution is 2.44. The predicted octanol–water partition coefficient (Wildman–Crippen LogP) is 3.54. The van der Waals surface area contributed by atoms with E-state index >= 15 is 0 Å². The third kappa shape index (κ3) is 2.96. The minimum atomic E-state index is -0.513. The summed E-state index contributed by atoms with van der Waals surface area (Å²) in [6, 6.07) is 16.6. The van der Waals surface area contributed by atoms with Crippen LogP contribution < -0.4 is 20.1 Å². The van der Waals surface area contributed by atoms with Crippen molar-refractivity contribution in [1.29, 1.82) is 0 Å². The molecule has 0 aliphatic rings. The van der Waals surface area contributed by atoms with Crippen molar-refractivity contribution in [2.45, 2.75) is 19.5 Å². The SMILES string of the molecule is COc1ccccc1P(c1ccccc1OC)C(C)C. The van der Waals surface area contributed by atoms with Crippen LogP contribution >= 0.6 is 7.92 Å². The van der Waals surface area contributed by atoms with Crippen LogP contribution in [0.4, 0.5) is 0 Å². The van der Waals surface area contributed by atoms with Gasteiger partial charge in [-0.1, -0.05) is 50.2 Å². The molecule has 3 heteroatoms. The van der Waals surface area contributed by atoms with Crippen molar-refractivity contribution in [2.24, 2.45) is 0 Å². The molecule has 2 nitrogen and oxygen atoms in total. The third-order valence-electron chi connectivity index (χ3n) is 3.21. The Bertz CT molecular complexity index is 519.